The summed E-state index contributed by atoms with van der Waals surface area (Å²) in [7, 11) is 1.72. The van der Waals surface area contributed by atoms with E-state index in [0.717, 1.165) is 11.1 Å². The minimum absolute atomic E-state index is 0.876. The van der Waals surface area contributed by atoms with Crippen LogP contribution in [0.2, 0.25) is 0 Å². The number of hydrogen-bond donors (Lipinski definition) is 0. The highest BCUT2D eigenvalue weighted by atomic mass is 79.9. The van der Waals surface area contributed by atoms with Gasteiger partial charge < -0.3 is 4.74 Å². The molecule has 74 valence electrons. The zero-order chi connectivity index (χ0) is 10.1. The second kappa shape index (κ2) is 3.91. The molecule has 0 radical (unpaired) electrons. The second-order valence-electron chi connectivity index (χ2n) is 3.16. The molecule has 14 heavy (non-hydrogen) atoms. The van der Waals surface area contributed by atoms with Crippen LogP contribution in [0.25, 0.3) is 10.1 Å². The Hall–Kier alpha value is -0.540. The van der Waals surface area contributed by atoms with Crippen molar-refractivity contribution < 1.29 is 4.74 Å². The van der Waals surface area contributed by atoms with E-state index in [2.05, 4.69) is 40.4 Å². The Labute approximate surface area is 95.8 Å². The fraction of sp³-hybridized carbons (Fsp3) is 0.273. The summed E-state index contributed by atoms with van der Waals surface area (Å²) in [6, 6.07) is 4.27. The van der Waals surface area contributed by atoms with Crippen LogP contribution in [-0.2, 0) is 5.33 Å². The van der Waals surface area contributed by atoms with Gasteiger partial charge in [-0.3, -0.25) is 0 Å². The van der Waals surface area contributed by atoms with Crippen molar-refractivity contribution in [2.75, 3.05) is 7.11 Å². The summed E-state index contributed by atoms with van der Waals surface area (Å²) in [4.78, 5) is 0. The van der Waals surface area contributed by atoms with Gasteiger partial charge in [-0.25, -0.2) is 0 Å². The molecule has 0 saturated heterocycles. The van der Waals surface area contributed by atoms with Crippen molar-refractivity contribution in [1.82, 2.24) is 0 Å². The van der Waals surface area contributed by atoms with E-state index in [1.807, 2.05) is 0 Å². The molecule has 0 atom stereocenters. The highest BCUT2D eigenvalue weighted by Gasteiger charge is 2.09. The Balaban J connectivity index is 2.80. The van der Waals surface area contributed by atoms with Crippen molar-refractivity contribution in [1.29, 1.82) is 0 Å². The van der Waals surface area contributed by atoms with Gasteiger partial charge in [-0.2, -0.15) is 0 Å². The van der Waals surface area contributed by atoms with E-state index in [0.29, 0.717) is 0 Å². The average Bonchev–Trinajstić information content (AvgIpc) is 2.68. The summed E-state index contributed by atoms with van der Waals surface area (Å²) in [5.74, 6) is 0.982. The lowest BCUT2D eigenvalue weighted by Crippen LogP contribution is -1.89. The molecule has 3 heteroatoms. The Kier molecular flexibility index (Phi) is 2.79. The fourth-order valence-electron chi connectivity index (χ4n) is 1.59. The average molecular weight is 271 g/mol. The summed E-state index contributed by atoms with van der Waals surface area (Å²) in [6.07, 6.45) is 0. The van der Waals surface area contributed by atoms with Crippen LogP contribution in [0.4, 0.5) is 0 Å². The van der Waals surface area contributed by atoms with Crippen LogP contribution in [0.5, 0.6) is 5.75 Å². The first-order valence-electron chi connectivity index (χ1n) is 4.37. The zero-order valence-corrected chi connectivity index (χ0v) is 10.5. The van der Waals surface area contributed by atoms with Gasteiger partial charge in [-0.1, -0.05) is 15.9 Å². The molecule has 0 fully saturated rings. The van der Waals surface area contributed by atoms with E-state index in [9.17, 15) is 0 Å². The molecule has 2 rings (SSSR count). The summed E-state index contributed by atoms with van der Waals surface area (Å²) < 4.78 is 6.62. The van der Waals surface area contributed by atoms with Crippen molar-refractivity contribution in [3.05, 3.63) is 28.6 Å². The Morgan fingerprint density at radius 1 is 1.50 bits per heavy atom. The first-order valence-corrected chi connectivity index (χ1v) is 6.37. The lowest BCUT2D eigenvalue weighted by atomic mass is 10.1. The quantitative estimate of drug-likeness (QED) is 0.747. The van der Waals surface area contributed by atoms with E-state index >= 15 is 0 Å². The number of ether oxygens (including phenoxy) is 1. The summed E-state index contributed by atoms with van der Waals surface area (Å²) in [5.41, 5.74) is 2.65. The summed E-state index contributed by atoms with van der Waals surface area (Å²) in [6.45, 7) is 2.16. The van der Waals surface area contributed by atoms with Crippen molar-refractivity contribution >= 4 is 37.4 Å². The normalized spacial score (nSPS) is 10.8. The molecule has 0 aliphatic rings. The highest BCUT2D eigenvalue weighted by molar-refractivity contribution is 9.08. The number of rotatable bonds is 2. The van der Waals surface area contributed by atoms with E-state index in [-0.39, 0.29) is 0 Å². The molecule has 0 bridgehead atoms. The molecule has 0 aliphatic carbocycles. The molecule has 0 spiro atoms. The standard InChI is InChI=1S/C11H11BrOS/c1-7-8(6-12)5-10(13-2)11-9(7)3-4-14-11/h3-5H,6H2,1-2H3. The van der Waals surface area contributed by atoms with Crippen molar-refractivity contribution in [3.63, 3.8) is 0 Å². The monoisotopic (exact) mass is 270 g/mol. The van der Waals surface area contributed by atoms with E-state index in [1.54, 1.807) is 18.4 Å². The first kappa shape index (κ1) is 9.99. The third-order valence-electron chi connectivity index (χ3n) is 2.44. The van der Waals surface area contributed by atoms with Crippen LogP contribution in [0.3, 0.4) is 0 Å². The van der Waals surface area contributed by atoms with E-state index < -0.39 is 0 Å². The van der Waals surface area contributed by atoms with Crippen molar-refractivity contribution in [2.45, 2.75) is 12.3 Å². The maximum atomic E-state index is 5.37. The smallest absolute Gasteiger partial charge is 0.136 e. The number of methoxy groups -OCH3 is 1. The van der Waals surface area contributed by atoms with E-state index in [1.165, 1.54) is 21.2 Å². The van der Waals surface area contributed by atoms with Gasteiger partial charge in [-0.05, 0) is 40.9 Å². The predicted molar refractivity (Wildman–Crippen MR) is 65.7 cm³/mol. The summed E-state index contributed by atoms with van der Waals surface area (Å²) >= 11 is 5.23. The molecule has 0 saturated carbocycles. The van der Waals surface area contributed by atoms with Crippen molar-refractivity contribution in [2.24, 2.45) is 0 Å². The maximum absolute atomic E-state index is 5.37. The summed E-state index contributed by atoms with van der Waals surface area (Å²) in [5, 5.41) is 4.29. The molecule has 1 nitrogen and oxygen atoms in total. The van der Waals surface area contributed by atoms with E-state index in [4.69, 9.17) is 4.74 Å². The molecule has 0 N–H and O–H groups in total. The molecule has 1 heterocycles. The van der Waals surface area contributed by atoms with Gasteiger partial charge >= 0.3 is 0 Å². The van der Waals surface area contributed by atoms with Crippen LogP contribution in [0, 0.1) is 6.92 Å². The zero-order valence-electron chi connectivity index (χ0n) is 8.13. The first-order chi connectivity index (χ1) is 6.77. The Morgan fingerprint density at radius 2 is 2.29 bits per heavy atom. The fourth-order valence-corrected chi connectivity index (χ4v) is 3.12. The van der Waals surface area contributed by atoms with Gasteiger partial charge in [0.05, 0.1) is 11.8 Å². The predicted octanol–water partition coefficient (Wildman–Crippen LogP) is 4.11. The lowest BCUT2D eigenvalue weighted by Gasteiger charge is -2.08. The third-order valence-corrected chi connectivity index (χ3v) is 3.98. The molecule has 2 aromatic rings. The number of alkyl halides is 1. The number of hydrogen-bond acceptors (Lipinski definition) is 2. The molecule has 1 aromatic carbocycles. The second-order valence-corrected chi connectivity index (χ2v) is 4.64. The lowest BCUT2D eigenvalue weighted by molar-refractivity contribution is 0.420. The Bertz CT molecular complexity index is 462. The minimum atomic E-state index is 0.876. The van der Waals surface area contributed by atoms with Crippen LogP contribution in [0.15, 0.2) is 17.5 Å². The number of benzene rings is 1. The number of halogens is 1. The van der Waals surface area contributed by atoms with Crippen LogP contribution in [0.1, 0.15) is 11.1 Å². The molecule has 0 unspecified atom stereocenters. The van der Waals surface area contributed by atoms with Crippen molar-refractivity contribution in [3.8, 4) is 5.75 Å². The minimum Gasteiger partial charge on any atom is -0.495 e. The van der Waals surface area contributed by atoms with Gasteiger partial charge in [-0.15, -0.1) is 11.3 Å². The third kappa shape index (κ3) is 1.44. The number of fused-ring (bicyclic) bond motifs is 1. The SMILES string of the molecule is COc1cc(CBr)c(C)c2ccsc12. The molecular formula is C11H11BrOS. The van der Waals surface area contributed by atoms with Gasteiger partial charge in [0.25, 0.3) is 0 Å². The van der Waals surface area contributed by atoms with Gasteiger partial charge in [0.1, 0.15) is 5.75 Å². The van der Waals surface area contributed by atoms with Gasteiger partial charge in [0.2, 0.25) is 0 Å². The van der Waals surface area contributed by atoms with Gasteiger partial charge in [0, 0.05) is 5.33 Å². The molecule has 0 aliphatic heterocycles. The largest absolute Gasteiger partial charge is 0.495 e. The van der Waals surface area contributed by atoms with Crippen LogP contribution in [-0.4, -0.2) is 7.11 Å². The van der Waals surface area contributed by atoms with Crippen LogP contribution >= 0.6 is 27.3 Å². The number of aryl methyl sites for hydroxylation is 1. The maximum Gasteiger partial charge on any atom is 0.136 e. The topological polar surface area (TPSA) is 9.23 Å². The highest BCUT2D eigenvalue weighted by Crippen LogP contribution is 2.35. The Morgan fingerprint density at radius 3 is 2.93 bits per heavy atom. The number of thiophene rings is 1. The molecular weight excluding hydrogens is 260 g/mol. The molecule has 1 aromatic heterocycles. The van der Waals surface area contributed by atoms with Crippen LogP contribution < -0.4 is 4.74 Å². The van der Waals surface area contributed by atoms with Gasteiger partial charge in [0.15, 0.2) is 0 Å². The molecule has 0 amide bonds.